The molecule has 0 radical (unpaired) electrons. The highest BCUT2D eigenvalue weighted by atomic mass is 16.6. The van der Waals surface area contributed by atoms with E-state index in [1.807, 2.05) is 0 Å². The average Bonchev–Trinajstić information content (AvgIpc) is 2.44. The van der Waals surface area contributed by atoms with Crippen molar-refractivity contribution in [3.8, 4) is 0 Å². The third kappa shape index (κ3) is 6.25. The Hall–Kier alpha value is -2.77. The number of hydrogen-bond donors (Lipinski definition) is 3. The van der Waals surface area contributed by atoms with Gasteiger partial charge >= 0.3 is 6.03 Å². The van der Waals surface area contributed by atoms with E-state index >= 15 is 0 Å². The summed E-state index contributed by atoms with van der Waals surface area (Å²) in [6.45, 7) is 5.41. The van der Waals surface area contributed by atoms with Crippen LogP contribution in [0.1, 0.15) is 26.3 Å². The summed E-state index contributed by atoms with van der Waals surface area (Å²) in [5, 5.41) is 22.9. The number of nitrogens with one attached hydrogen (secondary N) is 3. The Kier molecular flexibility index (Phi) is 5.94. The van der Waals surface area contributed by atoms with Gasteiger partial charge in [0.2, 0.25) is 0 Å². The Morgan fingerprint density at radius 3 is 2.30 bits per heavy atom. The minimum absolute atomic E-state index is 0.0536. The van der Waals surface area contributed by atoms with Crippen molar-refractivity contribution in [2.75, 3.05) is 0 Å². The predicted molar refractivity (Wildman–Crippen MR) is 85.8 cm³/mol. The molecule has 124 valence electrons. The SMILES string of the molecule is CC(C)(C)NC(=O)N[C@@H](Cc1ccc([N+](=O)[O-])cc1)C(=O)C=N. The van der Waals surface area contributed by atoms with E-state index in [0.29, 0.717) is 11.8 Å². The normalized spacial score (nSPS) is 12.1. The van der Waals surface area contributed by atoms with E-state index < -0.39 is 28.3 Å². The number of carbonyl (C=O) groups is 2. The first-order valence-electron chi connectivity index (χ1n) is 6.98. The van der Waals surface area contributed by atoms with Crippen molar-refractivity contribution < 1.29 is 14.5 Å². The van der Waals surface area contributed by atoms with Crippen LogP contribution in [0.2, 0.25) is 0 Å². The van der Waals surface area contributed by atoms with Crippen LogP contribution in [0.15, 0.2) is 24.3 Å². The summed E-state index contributed by atoms with van der Waals surface area (Å²) in [6, 6.07) is 4.28. The number of hydrogen-bond acceptors (Lipinski definition) is 5. The van der Waals surface area contributed by atoms with Crippen LogP contribution in [0.4, 0.5) is 10.5 Å². The van der Waals surface area contributed by atoms with Crippen LogP contribution in [0.5, 0.6) is 0 Å². The molecule has 0 spiro atoms. The summed E-state index contributed by atoms with van der Waals surface area (Å²) in [5.41, 5.74) is 0.129. The number of Topliss-reactive ketones (excluding diaryl/α,β-unsaturated/α-hetero) is 1. The van der Waals surface area contributed by atoms with Gasteiger partial charge in [-0.3, -0.25) is 14.9 Å². The molecule has 0 aliphatic rings. The Morgan fingerprint density at radius 1 is 1.30 bits per heavy atom. The number of benzene rings is 1. The fourth-order valence-electron chi connectivity index (χ4n) is 1.85. The molecule has 8 heteroatoms. The van der Waals surface area contributed by atoms with Crippen LogP contribution < -0.4 is 10.6 Å². The molecule has 0 aliphatic heterocycles. The summed E-state index contributed by atoms with van der Waals surface area (Å²) < 4.78 is 0. The fourth-order valence-corrected chi connectivity index (χ4v) is 1.85. The Bertz CT molecular complexity index is 605. The van der Waals surface area contributed by atoms with Crippen molar-refractivity contribution in [2.24, 2.45) is 0 Å². The van der Waals surface area contributed by atoms with E-state index in [9.17, 15) is 19.7 Å². The van der Waals surface area contributed by atoms with Gasteiger partial charge in [-0.25, -0.2) is 4.79 Å². The third-order valence-corrected chi connectivity index (χ3v) is 2.87. The molecule has 23 heavy (non-hydrogen) atoms. The second-order valence-electron chi connectivity index (χ2n) is 6.08. The number of nitro groups is 1. The van der Waals surface area contributed by atoms with E-state index in [2.05, 4.69) is 10.6 Å². The van der Waals surface area contributed by atoms with Gasteiger partial charge in [-0.15, -0.1) is 0 Å². The molecule has 3 N–H and O–H groups in total. The highest BCUT2D eigenvalue weighted by Crippen LogP contribution is 2.13. The summed E-state index contributed by atoms with van der Waals surface area (Å²) in [4.78, 5) is 33.8. The number of nitrogens with zero attached hydrogens (tertiary/aromatic N) is 1. The fraction of sp³-hybridized carbons (Fsp3) is 0.400. The quantitative estimate of drug-likeness (QED) is 0.420. The topological polar surface area (TPSA) is 125 Å². The lowest BCUT2D eigenvalue weighted by Crippen LogP contribution is -2.52. The molecule has 1 aromatic rings. The maximum atomic E-state index is 11.9. The largest absolute Gasteiger partial charge is 0.334 e. The van der Waals surface area contributed by atoms with E-state index in [1.165, 1.54) is 24.3 Å². The van der Waals surface area contributed by atoms with Crippen LogP contribution in [-0.2, 0) is 11.2 Å². The number of nitro benzene ring substituents is 1. The Labute approximate surface area is 133 Å². The lowest BCUT2D eigenvalue weighted by molar-refractivity contribution is -0.384. The summed E-state index contributed by atoms with van der Waals surface area (Å²) >= 11 is 0. The van der Waals surface area contributed by atoms with Crippen LogP contribution >= 0.6 is 0 Å². The third-order valence-electron chi connectivity index (χ3n) is 2.87. The predicted octanol–water partition coefficient (Wildman–Crippen LogP) is 1.82. The number of ketones is 1. The lowest BCUT2D eigenvalue weighted by Gasteiger charge is -2.23. The van der Waals surface area contributed by atoms with Crippen molar-refractivity contribution in [3.05, 3.63) is 39.9 Å². The first-order chi connectivity index (χ1) is 10.6. The van der Waals surface area contributed by atoms with E-state index in [1.54, 1.807) is 20.8 Å². The number of rotatable bonds is 6. The molecule has 1 aromatic carbocycles. The number of carbonyl (C=O) groups excluding carboxylic acids is 2. The first-order valence-corrected chi connectivity index (χ1v) is 6.98. The number of amides is 2. The van der Waals surface area contributed by atoms with Crippen molar-refractivity contribution in [3.63, 3.8) is 0 Å². The van der Waals surface area contributed by atoms with E-state index in [-0.39, 0.29) is 12.1 Å². The minimum atomic E-state index is -0.906. The van der Waals surface area contributed by atoms with Crippen LogP contribution in [0.25, 0.3) is 0 Å². The molecule has 0 bridgehead atoms. The van der Waals surface area contributed by atoms with Crippen LogP contribution in [0.3, 0.4) is 0 Å². The molecule has 0 fully saturated rings. The second kappa shape index (κ2) is 7.48. The van der Waals surface area contributed by atoms with Gasteiger partial charge in [-0.05, 0) is 26.3 Å². The molecule has 8 nitrogen and oxygen atoms in total. The summed E-state index contributed by atoms with van der Waals surface area (Å²) in [7, 11) is 0. The standard InChI is InChI=1S/C15H20N4O4/c1-15(2,3)18-14(21)17-12(13(20)9-16)8-10-4-6-11(7-5-10)19(22)23/h4-7,9,12,16H,8H2,1-3H3,(H2,17,18,21)/t12-/m0/s1. The summed E-state index contributed by atoms with van der Waals surface area (Å²) in [6.07, 6.45) is 0.789. The van der Waals surface area contributed by atoms with Crippen molar-refractivity contribution in [2.45, 2.75) is 38.8 Å². The molecule has 1 atom stereocenters. The maximum Gasteiger partial charge on any atom is 0.315 e. The molecule has 0 aromatic heterocycles. The smallest absolute Gasteiger partial charge is 0.315 e. The van der Waals surface area contributed by atoms with E-state index in [4.69, 9.17) is 5.41 Å². The second-order valence-corrected chi connectivity index (χ2v) is 6.08. The molecular formula is C15H20N4O4. The first kappa shape index (κ1) is 18.3. The molecule has 0 saturated heterocycles. The van der Waals surface area contributed by atoms with Gasteiger partial charge in [0.25, 0.3) is 5.69 Å². The highest BCUT2D eigenvalue weighted by Gasteiger charge is 2.22. The van der Waals surface area contributed by atoms with Crippen molar-refractivity contribution in [1.82, 2.24) is 10.6 Å². The average molecular weight is 320 g/mol. The molecule has 0 aliphatic carbocycles. The lowest BCUT2D eigenvalue weighted by atomic mass is 10.0. The molecule has 2 amide bonds. The zero-order valence-electron chi connectivity index (χ0n) is 13.3. The minimum Gasteiger partial charge on any atom is -0.334 e. The molecule has 1 rings (SSSR count). The van der Waals surface area contributed by atoms with Gasteiger partial charge in [-0.1, -0.05) is 12.1 Å². The van der Waals surface area contributed by atoms with Crippen LogP contribution in [0, 0.1) is 15.5 Å². The van der Waals surface area contributed by atoms with Crippen LogP contribution in [-0.4, -0.2) is 34.5 Å². The highest BCUT2D eigenvalue weighted by molar-refractivity contribution is 6.29. The Balaban J connectivity index is 2.82. The Morgan fingerprint density at radius 2 is 1.87 bits per heavy atom. The molecule has 0 heterocycles. The van der Waals surface area contributed by atoms with E-state index in [0.717, 1.165) is 0 Å². The molecule has 0 unspecified atom stereocenters. The zero-order chi connectivity index (χ0) is 17.6. The van der Waals surface area contributed by atoms with Gasteiger partial charge in [0.15, 0.2) is 5.78 Å². The molecular weight excluding hydrogens is 300 g/mol. The maximum absolute atomic E-state index is 11.9. The van der Waals surface area contributed by atoms with Gasteiger partial charge in [0.1, 0.15) is 0 Å². The van der Waals surface area contributed by atoms with Crippen molar-refractivity contribution in [1.29, 1.82) is 5.41 Å². The summed E-state index contributed by atoms with van der Waals surface area (Å²) in [5.74, 6) is -0.549. The monoisotopic (exact) mass is 320 g/mol. The zero-order valence-corrected chi connectivity index (χ0v) is 13.3. The number of non-ortho nitro benzene ring substituents is 1. The van der Waals surface area contributed by atoms with Gasteiger partial charge in [0, 0.05) is 24.1 Å². The number of urea groups is 1. The molecule has 0 saturated carbocycles. The van der Waals surface area contributed by atoms with Gasteiger partial charge in [-0.2, -0.15) is 0 Å². The van der Waals surface area contributed by atoms with Gasteiger partial charge < -0.3 is 16.0 Å². The van der Waals surface area contributed by atoms with Gasteiger partial charge in [0.05, 0.1) is 17.2 Å². The van der Waals surface area contributed by atoms with Crippen molar-refractivity contribution >= 4 is 23.7 Å².